The highest BCUT2D eigenvalue weighted by atomic mass is 16.2. The fraction of sp³-hybridized carbons (Fsp3) is 0.296. The molecular formula is C27H28N8O2. The topological polar surface area (TPSA) is 120 Å². The minimum absolute atomic E-state index is 0.0172. The molecule has 1 unspecified atom stereocenters. The average molecular weight is 497 g/mol. The van der Waals surface area contributed by atoms with Crippen LogP contribution >= 0.6 is 0 Å². The van der Waals surface area contributed by atoms with Crippen LogP contribution in [0.5, 0.6) is 0 Å². The van der Waals surface area contributed by atoms with Crippen molar-refractivity contribution in [1.82, 2.24) is 29.7 Å². The van der Waals surface area contributed by atoms with E-state index in [4.69, 9.17) is 10.1 Å². The number of aromatic nitrogens is 5. The molecule has 1 aromatic carbocycles. The molecule has 0 bridgehead atoms. The van der Waals surface area contributed by atoms with Gasteiger partial charge in [-0.25, -0.2) is 4.52 Å². The van der Waals surface area contributed by atoms with Gasteiger partial charge in [-0.2, -0.15) is 10.1 Å². The lowest BCUT2D eigenvalue weighted by molar-refractivity contribution is -0.111. The number of pyridine rings is 1. The summed E-state index contributed by atoms with van der Waals surface area (Å²) in [4.78, 5) is 31.6. The first-order valence-corrected chi connectivity index (χ1v) is 12.5. The van der Waals surface area contributed by atoms with Crippen LogP contribution in [-0.4, -0.2) is 53.6 Å². The predicted molar refractivity (Wildman–Crippen MR) is 140 cm³/mol. The largest absolute Gasteiger partial charge is 0.350 e. The summed E-state index contributed by atoms with van der Waals surface area (Å²) in [5.41, 5.74) is 6.08. The van der Waals surface area contributed by atoms with Gasteiger partial charge >= 0.3 is 0 Å². The molecule has 2 atom stereocenters. The fourth-order valence-corrected chi connectivity index (χ4v) is 5.49. The molecule has 3 aromatic heterocycles. The zero-order chi connectivity index (χ0) is 25.5. The molecule has 1 saturated carbocycles. The van der Waals surface area contributed by atoms with Crippen LogP contribution in [0.1, 0.15) is 47.3 Å². The SMILES string of the molecule is C=CC(=O)Nc1ccc2c(c1)C(=O)N([C@H]1CCCC(Nc3nc4ccc(-c5cn[nH]c5)c(C)n4n3)C1)C2. The van der Waals surface area contributed by atoms with Gasteiger partial charge in [-0.15, -0.1) is 5.10 Å². The zero-order valence-corrected chi connectivity index (χ0v) is 20.6. The maximum atomic E-state index is 13.3. The van der Waals surface area contributed by atoms with Crippen LogP contribution in [0.15, 0.2) is 55.4 Å². The van der Waals surface area contributed by atoms with E-state index in [0.717, 1.165) is 53.7 Å². The monoisotopic (exact) mass is 496 g/mol. The van der Waals surface area contributed by atoms with Crippen LogP contribution in [0.2, 0.25) is 0 Å². The van der Waals surface area contributed by atoms with Gasteiger partial charge in [0, 0.05) is 52.9 Å². The molecule has 1 aliphatic carbocycles. The first-order valence-electron chi connectivity index (χ1n) is 12.5. The van der Waals surface area contributed by atoms with E-state index in [1.54, 1.807) is 12.3 Å². The summed E-state index contributed by atoms with van der Waals surface area (Å²) in [5.74, 6) is 0.317. The van der Waals surface area contributed by atoms with E-state index >= 15 is 0 Å². The van der Waals surface area contributed by atoms with Crippen LogP contribution in [0.3, 0.4) is 0 Å². The zero-order valence-electron chi connectivity index (χ0n) is 20.6. The number of aromatic amines is 1. The lowest BCUT2D eigenvalue weighted by Crippen LogP contribution is -2.42. The van der Waals surface area contributed by atoms with E-state index in [0.29, 0.717) is 23.7 Å². The Morgan fingerprint density at radius 1 is 1.22 bits per heavy atom. The van der Waals surface area contributed by atoms with E-state index in [1.165, 1.54) is 6.08 Å². The number of hydrogen-bond acceptors (Lipinski definition) is 6. The highest BCUT2D eigenvalue weighted by Crippen LogP contribution is 2.33. The van der Waals surface area contributed by atoms with Crippen LogP contribution in [-0.2, 0) is 11.3 Å². The fourth-order valence-electron chi connectivity index (χ4n) is 5.49. The quantitative estimate of drug-likeness (QED) is 0.348. The molecule has 37 heavy (non-hydrogen) atoms. The summed E-state index contributed by atoms with van der Waals surface area (Å²) in [6.45, 7) is 6.09. The number of anilines is 2. The number of nitrogens with one attached hydrogen (secondary N) is 3. The number of carbonyl (C=O) groups excluding carboxylic acids is 2. The lowest BCUT2D eigenvalue weighted by atomic mass is 9.90. The normalized spacial score (nSPS) is 19.2. The van der Waals surface area contributed by atoms with Crippen molar-refractivity contribution in [3.63, 3.8) is 0 Å². The van der Waals surface area contributed by atoms with E-state index in [9.17, 15) is 9.59 Å². The predicted octanol–water partition coefficient (Wildman–Crippen LogP) is 3.93. The van der Waals surface area contributed by atoms with E-state index in [1.807, 2.05) is 46.8 Å². The molecule has 2 aliphatic rings. The van der Waals surface area contributed by atoms with Crippen molar-refractivity contribution in [3.8, 4) is 11.1 Å². The maximum Gasteiger partial charge on any atom is 0.254 e. The molecule has 2 amide bonds. The van der Waals surface area contributed by atoms with Crippen molar-refractivity contribution < 1.29 is 9.59 Å². The van der Waals surface area contributed by atoms with Crippen molar-refractivity contribution in [2.75, 3.05) is 10.6 Å². The number of aryl methyl sites for hydroxylation is 1. The number of fused-ring (bicyclic) bond motifs is 2. The number of benzene rings is 1. The molecule has 10 heteroatoms. The minimum Gasteiger partial charge on any atom is -0.350 e. The van der Waals surface area contributed by atoms with E-state index in [-0.39, 0.29) is 23.9 Å². The third kappa shape index (κ3) is 4.24. The summed E-state index contributed by atoms with van der Waals surface area (Å²) in [6, 6.07) is 9.81. The van der Waals surface area contributed by atoms with Crippen molar-refractivity contribution in [2.45, 2.75) is 51.2 Å². The first kappa shape index (κ1) is 23.0. The van der Waals surface area contributed by atoms with Gasteiger partial charge in [0.2, 0.25) is 11.9 Å². The van der Waals surface area contributed by atoms with Crippen molar-refractivity contribution >= 4 is 29.1 Å². The van der Waals surface area contributed by atoms with Crippen LogP contribution in [0.25, 0.3) is 16.8 Å². The maximum absolute atomic E-state index is 13.3. The Bertz CT molecular complexity index is 1510. The van der Waals surface area contributed by atoms with Gasteiger partial charge in [0.15, 0.2) is 5.65 Å². The van der Waals surface area contributed by atoms with Crippen LogP contribution in [0, 0.1) is 6.92 Å². The number of carbonyl (C=O) groups is 2. The van der Waals surface area contributed by atoms with E-state index in [2.05, 4.69) is 27.4 Å². The molecule has 1 aliphatic heterocycles. The minimum atomic E-state index is -0.295. The standard InChI is InChI=1S/C27H28N8O2/c1-3-25(36)30-20-8-7-17-15-34(26(37)23(17)12-20)21-6-4-5-19(11-21)31-27-32-24-10-9-22(16(2)35(24)33-27)18-13-28-29-14-18/h3,7-10,12-14,19,21H,1,4-6,11,15H2,2H3,(H,28,29)(H,30,36)(H,31,33)/t19?,21-/m0/s1. The van der Waals surface area contributed by atoms with Gasteiger partial charge in [-0.3, -0.25) is 14.7 Å². The molecule has 0 radical (unpaired) electrons. The molecule has 4 aromatic rings. The van der Waals surface area contributed by atoms with Crippen molar-refractivity contribution in [1.29, 1.82) is 0 Å². The smallest absolute Gasteiger partial charge is 0.254 e. The van der Waals surface area contributed by atoms with Gasteiger partial charge < -0.3 is 15.5 Å². The Morgan fingerprint density at radius 2 is 2.11 bits per heavy atom. The number of nitrogens with zero attached hydrogens (tertiary/aromatic N) is 5. The van der Waals surface area contributed by atoms with Crippen molar-refractivity contribution in [2.24, 2.45) is 0 Å². The second kappa shape index (κ2) is 9.20. The number of rotatable bonds is 6. The Balaban J connectivity index is 1.16. The third-order valence-corrected chi connectivity index (χ3v) is 7.36. The van der Waals surface area contributed by atoms with Crippen LogP contribution in [0.4, 0.5) is 11.6 Å². The number of H-pyrrole nitrogens is 1. The Hall–Kier alpha value is -4.47. The molecule has 10 nitrogen and oxygen atoms in total. The Kier molecular flexibility index (Phi) is 5.71. The Morgan fingerprint density at radius 3 is 2.92 bits per heavy atom. The number of amides is 2. The highest BCUT2D eigenvalue weighted by Gasteiger charge is 2.36. The summed E-state index contributed by atoms with van der Waals surface area (Å²) in [6.07, 6.45) is 8.68. The van der Waals surface area contributed by atoms with Gasteiger partial charge in [0.1, 0.15) is 0 Å². The summed E-state index contributed by atoms with van der Waals surface area (Å²) in [5, 5.41) is 17.9. The lowest BCUT2D eigenvalue weighted by Gasteiger charge is -2.35. The molecular weight excluding hydrogens is 468 g/mol. The average Bonchev–Trinajstić information content (AvgIpc) is 3.64. The van der Waals surface area contributed by atoms with Gasteiger partial charge in [0.25, 0.3) is 5.91 Å². The third-order valence-electron chi connectivity index (χ3n) is 7.36. The molecule has 0 saturated heterocycles. The summed E-state index contributed by atoms with van der Waals surface area (Å²) < 4.78 is 1.86. The van der Waals surface area contributed by atoms with Gasteiger partial charge in [-0.1, -0.05) is 12.6 Å². The molecule has 0 spiro atoms. The summed E-state index contributed by atoms with van der Waals surface area (Å²) >= 11 is 0. The molecule has 3 N–H and O–H groups in total. The molecule has 6 rings (SSSR count). The molecule has 1 fully saturated rings. The molecule has 188 valence electrons. The second-order valence-electron chi connectivity index (χ2n) is 9.68. The summed E-state index contributed by atoms with van der Waals surface area (Å²) in [7, 11) is 0. The highest BCUT2D eigenvalue weighted by molar-refractivity contribution is 6.02. The molecule has 4 heterocycles. The number of hydrogen-bond donors (Lipinski definition) is 3. The Labute approximate surface area is 213 Å². The first-order chi connectivity index (χ1) is 18.0. The van der Waals surface area contributed by atoms with E-state index < -0.39 is 0 Å². The van der Waals surface area contributed by atoms with Gasteiger partial charge in [0.05, 0.1) is 6.20 Å². The van der Waals surface area contributed by atoms with Crippen molar-refractivity contribution in [3.05, 3.63) is 72.2 Å². The second-order valence-corrected chi connectivity index (χ2v) is 9.68. The van der Waals surface area contributed by atoms with Gasteiger partial charge in [-0.05, 0) is 68.5 Å². The van der Waals surface area contributed by atoms with Crippen LogP contribution < -0.4 is 10.6 Å².